The summed E-state index contributed by atoms with van der Waals surface area (Å²) in [6.45, 7) is 3.23. The molecule has 1 saturated carbocycles. The van der Waals surface area contributed by atoms with Crippen molar-refractivity contribution in [3.63, 3.8) is 0 Å². The molecule has 7 heteroatoms. The van der Waals surface area contributed by atoms with Crippen LogP contribution in [-0.4, -0.2) is 61.9 Å². The summed E-state index contributed by atoms with van der Waals surface area (Å²) in [5.41, 5.74) is 4.82. The average Bonchev–Trinajstić information content (AvgIpc) is 3.19. The van der Waals surface area contributed by atoms with Crippen molar-refractivity contribution in [2.75, 3.05) is 34.0 Å². The number of carbonyl (C=O) groups is 1. The van der Waals surface area contributed by atoms with Gasteiger partial charge in [0.05, 0.1) is 19.3 Å². The molecule has 0 heterocycles. The Morgan fingerprint density at radius 3 is 2.53 bits per heavy atom. The molecule has 1 rings (SSSR count). The molecule has 1 aliphatic rings. The predicted octanol–water partition coefficient (Wildman–Crippen LogP) is 0.0229. The van der Waals surface area contributed by atoms with Gasteiger partial charge >= 0.3 is 0 Å². The van der Waals surface area contributed by atoms with E-state index in [0.717, 1.165) is 0 Å². The van der Waals surface area contributed by atoms with E-state index in [4.69, 9.17) is 20.4 Å². The van der Waals surface area contributed by atoms with Crippen molar-refractivity contribution in [2.24, 2.45) is 16.3 Å². The molecule has 3 N–H and O–H groups in total. The van der Waals surface area contributed by atoms with Crippen molar-refractivity contribution in [3.05, 3.63) is 0 Å². The van der Waals surface area contributed by atoms with Crippen molar-refractivity contribution in [1.29, 1.82) is 0 Å². The smallest absolute Gasteiger partial charge is 0.236 e. The molecule has 1 fully saturated rings. The lowest BCUT2D eigenvalue weighted by molar-refractivity contribution is -0.138. The fourth-order valence-corrected chi connectivity index (χ4v) is 2.12. The highest BCUT2D eigenvalue weighted by Gasteiger charge is 2.56. The van der Waals surface area contributed by atoms with E-state index in [2.05, 4.69) is 5.16 Å². The molecule has 1 aliphatic carbocycles. The highest BCUT2D eigenvalue weighted by molar-refractivity contribution is 6.09. The van der Waals surface area contributed by atoms with Crippen LogP contribution in [0, 0.1) is 5.41 Å². The lowest BCUT2D eigenvalue weighted by Gasteiger charge is -2.31. The number of rotatable bonds is 8. The first-order valence-electron chi connectivity index (χ1n) is 6.30. The molecular formula is C12H23N3O4. The Labute approximate surface area is 113 Å². The SMILES string of the molecule is COCCN(C(=O)C1(C(N)=NO)CC1)C(C)COC. The third-order valence-corrected chi connectivity index (χ3v) is 3.49. The van der Waals surface area contributed by atoms with Crippen LogP contribution < -0.4 is 5.73 Å². The third kappa shape index (κ3) is 3.36. The van der Waals surface area contributed by atoms with Gasteiger partial charge in [-0.3, -0.25) is 4.79 Å². The summed E-state index contributed by atoms with van der Waals surface area (Å²) < 4.78 is 10.1. The predicted molar refractivity (Wildman–Crippen MR) is 70.0 cm³/mol. The minimum absolute atomic E-state index is 0.00969. The van der Waals surface area contributed by atoms with Gasteiger partial charge in [-0.25, -0.2) is 0 Å². The van der Waals surface area contributed by atoms with Crippen LogP contribution in [0.15, 0.2) is 5.16 Å². The molecular weight excluding hydrogens is 250 g/mol. The van der Waals surface area contributed by atoms with E-state index in [-0.39, 0.29) is 17.8 Å². The topological polar surface area (TPSA) is 97.4 Å². The Morgan fingerprint density at radius 1 is 1.47 bits per heavy atom. The molecule has 7 nitrogen and oxygen atoms in total. The maximum atomic E-state index is 12.6. The van der Waals surface area contributed by atoms with Crippen LogP contribution in [0.3, 0.4) is 0 Å². The van der Waals surface area contributed by atoms with Crippen LogP contribution >= 0.6 is 0 Å². The second kappa shape index (κ2) is 6.72. The Morgan fingerprint density at radius 2 is 2.11 bits per heavy atom. The fourth-order valence-electron chi connectivity index (χ4n) is 2.12. The van der Waals surface area contributed by atoms with Crippen LogP contribution in [0.4, 0.5) is 0 Å². The molecule has 0 aliphatic heterocycles. The normalized spacial score (nSPS) is 19.0. The number of oxime groups is 1. The van der Waals surface area contributed by atoms with Crippen LogP contribution in [0.2, 0.25) is 0 Å². The first kappa shape index (κ1) is 15.7. The molecule has 1 amide bonds. The Bertz CT molecular complexity index is 342. The lowest BCUT2D eigenvalue weighted by atomic mass is 10.0. The highest BCUT2D eigenvalue weighted by Crippen LogP contribution is 2.47. The molecule has 110 valence electrons. The largest absolute Gasteiger partial charge is 0.409 e. The van der Waals surface area contributed by atoms with Gasteiger partial charge in [0.25, 0.3) is 0 Å². The minimum Gasteiger partial charge on any atom is -0.409 e. The van der Waals surface area contributed by atoms with E-state index in [9.17, 15) is 4.79 Å². The van der Waals surface area contributed by atoms with Gasteiger partial charge in [0.2, 0.25) is 5.91 Å². The zero-order chi connectivity index (χ0) is 14.5. The van der Waals surface area contributed by atoms with E-state index in [0.29, 0.717) is 32.6 Å². The van der Waals surface area contributed by atoms with Gasteiger partial charge in [-0.15, -0.1) is 0 Å². The van der Waals surface area contributed by atoms with E-state index in [1.807, 2.05) is 6.92 Å². The number of ether oxygens (including phenoxy) is 2. The van der Waals surface area contributed by atoms with Crippen LogP contribution in [0.5, 0.6) is 0 Å². The highest BCUT2D eigenvalue weighted by atomic mass is 16.5. The number of amidine groups is 1. The molecule has 0 saturated heterocycles. The van der Waals surface area contributed by atoms with Gasteiger partial charge in [-0.1, -0.05) is 5.16 Å². The van der Waals surface area contributed by atoms with E-state index < -0.39 is 5.41 Å². The zero-order valence-electron chi connectivity index (χ0n) is 11.8. The van der Waals surface area contributed by atoms with Crippen molar-refractivity contribution >= 4 is 11.7 Å². The number of amides is 1. The van der Waals surface area contributed by atoms with Gasteiger partial charge in [0.15, 0.2) is 5.84 Å². The molecule has 1 unspecified atom stereocenters. The quantitative estimate of drug-likeness (QED) is 0.281. The van der Waals surface area contributed by atoms with Gasteiger partial charge < -0.3 is 25.3 Å². The third-order valence-electron chi connectivity index (χ3n) is 3.49. The average molecular weight is 273 g/mol. The maximum Gasteiger partial charge on any atom is 0.236 e. The lowest BCUT2D eigenvalue weighted by Crippen LogP contribution is -2.49. The van der Waals surface area contributed by atoms with Crippen LogP contribution in [0.1, 0.15) is 19.8 Å². The molecule has 19 heavy (non-hydrogen) atoms. The number of methoxy groups -OCH3 is 2. The zero-order valence-corrected chi connectivity index (χ0v) is 11.8. The monoisotopic (exact) mass is 273 g/mol. The summed E-state index contributed by atoms with van der Waals surface area (Å²) in [5.74, 6) is -0.131. The van der Waals surface area contributed by atoms with E-state index in [1.165, 1.54) is 0 Å². The summed E-state index contributed by atoms with van der Waals surface area (Å²) in [5, 5.41) is 11.8. The second-order valence-corrected chi connectivity index (χ2v) is 4.86. The number of hydrogen-bond donors (Lipinski definition) is 2. The van der Waals surface area contributed by atoms with Crippen LogP contribution in [0.25, 0.3) is 0 Å². The van der Waals surface area contributed by atoms with Gasteiger partial charge in [-0.2, -0.15) is 0 Å². The molecule has 0 radical (unpaired) electrons. The Hall–Kier alpha value is -1.34. The van der Waals surface area contributed by atoms with Crippen LogP contribution in [-0.2, 0) is 14.3 Å². The number of nitrogens with two attached hydrogens (primary N) is 1. The van der Waals surface area contributed by atoms with Crippen molar-refractivity contribution in [3.8, 4) is 0 Å². The van der Waals surface area contributed by atoms with E-state index in [1.54, 1.807) is 19.1 Å². The van der Waals surface area contributed by atoms with Gasteiger partial charge in [-0.05, 0) is 19.8 Å². The minimum atomic E-state index is -0.829. The summed E-state index contributed by atoms with van der Waals surface area (Å²) >= 11 is 0. The molecule has 1 atom stereocenters. The summed E-state index contributed by atoms with van der Waals surface area (Å²) in [6.07, 6.45) is 1.23. The number of nitrogens with zero attached hydrogens (tertiary/aromatic N) is 2. The molecule has 0 aromatic carbocycles. The summed E-state index contributed by atoms with van der Waals surface area (Å²) in [6, 6.07) is -0.0865. The van der Waals surface area contributed by atoms with E-state index >= 15 is 0 Å². The van der Waals surface area contributed by atoms with Crippen molar-refractivity contribution in [2.45, 2.75) is 25.8 Å². The first-order chi connectivity index (χ1) is 9.03. The molecule has 0 bridgehead atoms. The fraction of sp³-hybridized carbons (Fsp3) is 0.833. The van der Waals surface area contributed by atoms with Crippen molar-refractivity contribution in [1.82, 2.24) is 4.90 Å². The molecule has 0 spiro atoms. The van der Waals surface area contributed by atoms with Crippen molar-refractivity contribution < 1.29 is 19.5 Å². The first-order valence-corrected chi connectivity index (χ1v) is 6.30. The second-order valence-electron chi connectivity index (χ2n) is 4.86. The Kier molecular flexibility index (Phi) is 5.56. The summed E-state index contributed by atoms with van der Waals surface area (Å²) in [7, 11) is 3.17. The Balaban J connectivity index is 2.82. The number of carbonyl (C=O) groups excluding carboxylic acids is 1. The number of hydrogen-bond acceptors (Lipinski definition) is 5. The molecule has 0 aromatic heterocycles. The molecule has 0 aromatic rings. The van der Waals surface area contributed by atoms with Gasteiger partial charge in [0.1, 0.15) is 5.41 Å². The standard InChI is InChI=1S/C12H23N3O4/c1-9(8-19-3)15(6-7-18-2)11(16)12(4-5-12)10(13)14-17/h9,17H,4-8H2,1-3H3,(H2,13,14). The maximum absolute atomic E-state index is 12.6. The van der Waals surface area contributed by atoms with Gasteiger partial charge in [0, 0.05) is 20.8 Å². The summed E-state index contributed by atoms with van der Waals surface area (Å²) in [4.78, 5) is 14.3.